The van der Waals surface area contributed by atoms with Crippen LogP contribution in [0.5, 0.6) is 17.2 Å². The number of fused-ring (bicyclic) bond motifs is 1. The number of anilines is 1. The molecule has 1 heterocycles. The zero-order valence-corrected chi connectivity index (χ0v) is 16.0. The Morgan fingerprint density at radius 2 is 1.81 bits per heavy atom. The van der Waals surface area contributed by atoms with Gasteiger partial charge in [0.25, 0.3) is 5.91 Å². The molecule has 1 amide bonds. The predicted molar refractivity (Wildman–Crippen MR) is 100 cm³/mol. The predicted octanol–water partition coefficient (Wildman–Crippen LogP) is 2.96. The van der Waals surface area contributed by atoms with Gasteiger partial charge in [0.05, 0.1) is 26.9 Å². The Bertz CT molecular complexity index is 933. The number of rotatable bonds is 5. The SMILES string of the molecule is COc1cc(C(=O)Nc2sc3c(c2C#N)CCC(=O)C3)cc(OC)c1OC. The molecule has 0 bridgehead atoms. The normalized spacial score (nSPS) is 12.7. The third kappa shape index (κ3) is 3.46. The van der Waals surface area contributed by atoms with E-state index < -0.39 is 5.91 Å². The van der Waals surface area contributed by atoms with Crippen LogP contribution in [0.2, 0.25) is 0 Å². The van der Waals surface area contributed by atoms with Crippen molar-refractivity contribution in [1.82, 2.24) is 0 Å². The molecule has 0 radical (unpaired) electrons. The van der Waals surface area contributed by atoms with Crippen molar-refractivity contribution in [2.45, 2.75) is 19.3 Å². The molecule has 7 nitrogen and oxygen atoms in total. The highest BCUT2D eigenvalue weighted by Crippen LogP contribution is 2.40. The van der Waals surface area contributed by atoms with Gasteiger partial charge in [-0.3, -0.25) is 9.59 Å². The number of Topliss-reactive ketones (excluding diaryl/α,β-unsaturated/α-hetero) is 1. The first kappa shape index (κ1) is 18.7. The average Bonchev–Trinajstić information content (AvgIpc) is 3.02. The Labute approximate surface area is 160 Å². The van der Waals surface area contributed by atoms with E-state index in [1.54, 1.807) is 12.1 Å². The first-order valence-electron chi connectivity index (χ1n) is 8.20. The largest absolute Gasteiger partial charge is 0.493 e. The summed E-state index contributed by atoms with van der Waals surface area (Å²) < 4.78 is 15.8. The van der Waals surface area contributed by atoms with E-state index in [0.29, 0.717) is 52.6 Å². The van der Waals surface area contributed by atoms with E-state index in [9.17, 15) is 14.9 Å². The molecule has 1 N–H and O–H groups in total. The van der Waals surface area contributed by atoms with E-state index in [1.165, 1.54) is 32.7 Å². The minimum Gasteiger partial charge on any atom is -0.493 e. The molecule has 1 aromatic heterocycles. The van der Waals surface area contributed by atoms with Gasteiger partial charge < -0.3 is 19.5 Å². The molecule has 0 unspecified atom stereocenters. The topological polar surface area (TPSA) is 97.7 Å². The number of nitriles is 1. The van der Waals surface area contributed by atoms with Crippen LogP contribution in [0.25, 0.3) is 0 Å². The summed E-state index contributed by atoms with van der Waals surface area (Å²) in [5.41, 5.74) is 1.60. The van der Waals surface area contributed by atoms with Crippen molar-refractivity contribution >= 4 is 28.0 Å². The molecular weight excluding hydrogens is 368 g/mol. The van der Waals surface area contributed by atoms with Gasteiger partial charge in [-0.05, 0) is 24.1 Å². The van der Waals surface area contributed by atoms with E-state index in [-0.39, 0.29) is 5.78 Å². The maximum Gasteiger partial charge on any atom is 0.256 e. The Hall–Kier alpha value is -3.05. The number of nitrogens with one attached hydrogen (secondary N) is 1. The summed E-state index contributed by atoms with van der Waals surface area (Å²) in [5, 5.41) is 12.7. The number of nitrogens with zero attached hydrogens (tertiary/aromatic N) is 1. The number of amides is 1. The van der Waals surface area contributed by atoms with Gasteiger partial charge in [0, 0.05) is 23.3 Å². The first-order valence-corrected chi connectivity index (χ1v) is 9.01. The molecule has 0 spiro atoms. The number of hydrogen-bond acceptors (Lipinski definition) is 7. The molecule has 1 aliphatic carbocycles. The molecular formula is C19H18N2O5S. The van der Waals surface area contributed by atoms with Crippen molar-refractivity contribution in [1.29, 1.82) is 5.26 Å². The van der Waals surface area contributed by atoms with E-state index in [0.717, 1.165) is 10.4 Å². The zero-order chi connectivity index (χ0) is 19.6. The molecule has 1 aliphatic rings. The van der Waals surface area contributed by atoms with Crippen molar-refractivity contribution in [3.63, 3.8) is 0 Å². The van der Waals surface area contributed by atoms with Crippen molar-refractivity contribution in [3.8, 4) is 23.3 Å². The summed E-state index contributed by atoms with van der Waals surface area (Å²) in [5.74, 6) is 0.850. The molecule has 0 saturated heterocycles. The Balaban J connectivity index is 1.95. The van der Waals surface area contributed by atoms with Crippen LogP contribution in [0.15, 0.2) is 12.1 Å². The summed E-state index contributed by atoms with van der Waals surface area (Å²) in [6.45, 7) is 0. The molecule has 0 aliphatic heterocycles. The summed E-state index contributed by atoms with van der Waals surface area (Å²) in [7, 11) is 4.42. The van der Waals surface area contributed by atoms with Gasteiger partial charge in [0.1, 0.15) is 16.9 Å². The molecule has 140 valence electrons. The maximum absolute atomic E-state index is 12.8. The number of benzene rings is 1. The fourth-order valence-electron chi connectivity index (χ4n) is 3.05. The van der Waals surface area contributed by atoms with Crippen molar-refractivity contribution < 1.29 is 23.8 Å². The molecule has 3 rings (SSSR count). The molecule has 0 fully saturated rings. The van der Waals surface area contributed by atoms with Crippen molar-refractivity contribution in [2.24, 2.45) is 0 Å². The maximum atomic E-state index is 12.8. The smallest absolute Gasteiger partial charge is 0.256 e. The summed E-state index contributed by atoms with van der Waals surface area (Å²) >= 11 is 1.28. The quantitative estimate of drug-likeness (QED) is 0.848. The minimum absolute atomic E-state index is 0.149. The van der Waals surface area contributed by atoms with Gasteiger partial charge in [-0.1, -0.05) is 0 Å². The fraction of sp³-hybridized carbons (Fsp3) is 0.316. The Morgan fingerprint density at radius 1 is 1.15 bits per heavy atom. The average molecular weight is 386 g/mol. The summed E-state index contributed by atoms with van der Waals surface area (Å²) in [6, 6.07) is 5.24. The molecule has 0 saturated carbocycles. The second kappa shape index (κ2) is 7.68. The van der Waals surface area contributed by atoms with Crippen LogP contribution in [0, 0.1) is 11.3 Å². The first-order chi connectivity index (χ1) is 13.0. The second-order valence-corrected chi connectivity index (χ2v) is 7.01. The standard InChI is InChI=1S/C19H18N2O5S/c1-24-14-6-10(7-15(25-2)17(14)26-3)18(23)21-19-13(9-20)12-5-4-11(22)8-16(12)27-19/h6-7H,4-5,8H2,1-3H3,(H,21,23). The second-order valence-electron chi connectivity index (χ2n) is 5.90. The van der Waals surface area contributed by atoms with Crippen LogP contribution in [0.3, 0.4) is 0 Å². The van der Waals surface area contributed by atoms with Gasteiger partial charge >= 0.3 is 0 Å². The third-order valence-corrected chi connectivity index (χ3v) is 5.52. The summed E-state index contributed by atoms with van der Waals surface area (Å²) in [4.78, 5) is 25.3. The highest BCUT2D eigenvalue weighted by atomic mass is 32.1. The van der Waals surface area contributed by atoms with E-state index in [4.69, 9.17) is 14.2 Å². The van der Waals surface area contributed by atoms with Crippen molar-refractivity contribution in [3.05, 3.63) is 33.7 Å². The summed E-state index contributed by atoms with van der Waals surface area (Å²) in [6.07, 6.45) is 1.28. The van der Waals surface area contributed by atoms with E-state index in [2.05, 4.69) is 11.4 Å². The lowest BCUT2D eigenvalue weighted by Crippen LogP contribution is -2.13. The van der Waals surface area contributed by atoms with Gasteiger partial charge in [-0.2, -0.15) is 5.26 Å². The number of ether oxygens (including phenoxy) is 3. The lowest BCUT2D eigenvalue weighted by atomic mass is 9.95. The number of methoxy groups -OCH3 is 3. The number of carbonyl (C=O) groups is 2. The lowest BCUT2D eigenvalue weighted by molar-refractivity contribution is -0.118. The van der Waals surface area contributed by atoms with E-state index in [1.807, 2.05) is 0 Å². The van der Waals surface area contributed by atoms with Gasteiger partial charge in [-0.15, -0.1) is 11.3 Å². The molecule has 2 aromatic rings. The Kier molecular flexibility index (Phi) is 5.33. The van der Waals surface area contributed by atoms with Crippen LogP contribution in [-0.2, 0) is 17.6 Å². The van der Waals surface area contributed by atoms with Crippen LogP contribution in [-0.4, -0.2) is 33.0 Å². The molecule has 27 heavy (non-hydrogen) atoms. The zero-order valence-electron chi connectivity index (χ0n) is 15.2. The minimum atomic E-state index is -0.407. The van der Waals surface area contributed by atoms with Gasteiger partial charge in [0.2, 0.25) is 5.75 Å². The van der Waals surface area contributed by atoms with Crippen LogP contribution in [0.1, 0.15) is 32.8 Å². The Morgan fingerprint density at radius 3 is 2.37 bits per heavy atom. The van der Waals surface area contributed by atoms with Crippen LogP contribution < -0.4 is 19.5 Å². The molecule has 8 heteroatoms. The van der Waals surface area contributed by atoms with Gasteiger partial charge in [0.15, 0.2) is 11.5 Å². The number of hydrogen-bond donors (Lipinski definition) is 1. The number of ketones is 1. The molecule has 1 aromatic carbocycles. The number of carbonyl (C=O) groups excluding carboxylic acids is 2. The monoisotopic (exact) mass is 386 g/mol. The molecule has 0 atom stereocenters. The fourth-order valence-corrected chi connectivity index (χ4v) is 4.27. The van der Waals surface area contributed by atoms with E-state index >= 15 is 0 Å². The van der Waals surface area contributed by atoms with Crippen molar-refractivity contribution in [2.75, 3.05) is 26.6 Å². The van der Waals surface area contributed by atoms with Crippen LogP contribution >= 0.6 is 11.3 Å². The lowest BCUT2D eigenvalue weighted by Gasteiger charge is -2.14. The third-order valence-electron chi connectivity index (χ3n) is 4.37. The highest BCUT2D eigenvalue weighted by Gasteiger charge is 2.26. The van der Waals surface area contributed by atoms with Crippen LogP contribution in [0.4, 0.5) is 5.00 Å². The highest BCUT2D eigenvalue weighted by molar-refractivity contribution is 7.16. The van der Waals surface area contributed by atoms with Gasteiger partial charge in [-0.25, -0.2) is 0 Å². The number of thiophene rings is 1.